The average molecular weight is 239 g/mol. The number of nitrogens with one attached hydrogen (secondary N) is 1. The van der Waals surface area contributed by atoms with Crippen LogP contribution in [0.15, 0.2) is 42.5 Å². The number of aliphatic hydroxyl groups excluding tert-OH is 1. The summed E-state index contributed by atoms with van der Waals surface area (Å²) in [6.07, 6.45) is 5.36. The Balaban J connectivity index is 2.04. The van der Waals surface area contributed by atoms with E-state index in [0.29, 0.717) is 13.0 Å². The zero-order valence-electron chi connectivity index (χ0n) is 10.3. The largest absolute Gasteiger partial charge is 0.387 e. The predicted octanol–water partition coefficient (Wildman–Crippen LogP) is 2.49. The summed E-state index contributed by atoms with van der Waals surface area (Å²) in [6, 6.07) is 14.2. The molecule has 0 saturated heterocycles. The SMILES string of the molecule is C#CCCNCC(O)c1ccc2ccccc2c1. The first-order valence-electron chi connectivity index (χ1n) is 6.12. The smallest absolute Gasteiger partial charge is 0.0914 e. The number of hydrogen-bond donors (Lipinski definition) is 2. The lowest BCUT2D eigenvalue weighted by atomic mass is 10.0. The fraction of sp³-hybridized carbons (Fsp3) is 0.250. The lowest BCUT2D eigenvalue weighted by molar-refractivity contribution is 0.175. The molecule has 2 rings (SSSR count). The van der Waals surface area contributed by atoms with Crippen LogP contribution in [0.1, 0.15) is 18.1 Å². The molecule has 1 unspecified atom stereocenters. The predicted molar refractivity (Wildman–Crippen MR) is 75.2 cm³/mol. The van der Waals surface area contributed by atoms with Crippen molar-refractivity contribution in [1.82, 2.24) is 5.32 Å². The van der Waals surface area contributed by atoms with Crippen molar-refractivity contribution in [3.05, 3.63) is 48.0 Å². The second-order valence-electron chi connectivity index (χ2n) is 4.28. The lowest BCUT2D eigenvalue weighted by Gasteiger charge is -2.12. The molecule has 0 aliphatic heterocycles. The van der Waals surface area contributed by atoms with E-state index in [1.165, 1.54) is 5.39 Å². The van der Waals surface area contributed by atoms with Gasteiger partial charge in [0.2, 0.25) is 0 Å². The van der Waals surface area contributed by atoms with Crippen molar-refractivity contribution in [3.63, 3.8) is 0 Å². The van der Waals surface area contributed by atoms with Crippen molar-refractivity contribution >= 4 is 10.8 Å². The quantitative estimate of drug-likeness (QED) is 0.620. The summed E-state index contributed by atoms with van der Waals surface area (Å²) in [5.41, 5.74) is 0.932. The van der Waals surface area contributed by atoms with Crippen molar-refractivity contribution < 1.29 is 5.11 Å². The van der Waals surface area contributed by atoms with Gasteiger partial charge >= 0.3 is 0 Å². The van der Waals surface area contributed by atoms with Crippen LogP contribution in [0.25, 0.3) is 10.8 Å². The van der Waals surface area contributed by atoms with Crippen LogP contribution in [0.2, 0.25) is 0 Å². The Bertz CT molecular complexity index is 556. The zero-order chi connectivity index (χ0) is 12.8. The van der Waals surface area contributed by atoms with Crippen molar-refractivity contribution in [2.75, 3.05) is 13.1 Å². The van der Waals surface area contributed by atoms with E-state index in [1.807, 2.05) is 30.3 Å². The van der Waals surface area contributed by atoms with Gasteiger partial charge < -0.3 is 10.4 Å². The van der Waals surface area contributed by atoms with Gasteiger partial charge in [-0.05, 0) is 22.4 Å². The minimum Gasteiger partial charge on any atom is -0.387 e. The molecule has 2 N–H and O–H groups in total. The van der Waals surface area contributed by atoms with E-state index < -0.39 is 6.10 Å². The molecule has 92 valence electrons. The minimum atomic E-state index is -0.493. The number of aliphatic hydroxyl groups is 1. The lowest BCUT2D eigenvalue weighted by Crippen LogP contribution is -2.22. The maximum Gasteiger partial charge on any atom is 0.0914 e. The van der Waals surface area contributed by atoms with Crippen molar-refractivity contribution in [2.24, 2.45) is 0 Å². The zero-order valence-corrected chi connectivity index (χ0v) is 10.3. The molecule has 2 aromatic carbocycles. The van der Waals surface area contributed by atoms with Crippen molar-refractivity contribution in [2.45, 2.75) is 12.5 Å². The number of terminal acetylenes is 1. The van der Waals surface area contributed by atoms with Crippen LogP contribution in [0, 0.1) is 12.3 Å². The van der Waals surface area contributed by atoms with Gasteiger partial charge in [0.15, 0.2) is 0 Å². The number of benzene rings is 2. The Morgan fingerprint density at radius 1 is 1.17 bits per heavy atom. The molecule has 0 amide bonds. The molecule has 0 bridgehead atoms. The van der Waals surface area contributed by atoms with Gasteiger partial charge in [0, 0.05) is 19.5 Å². The van der Waals surface area contributed by atoms with Gasteiger partial charge in [0.1, 0.15) is 0 Å². The second kappa shape index (κ2) is 6.20. The van der Waals surface area contributed by atoms with Crippen LogP contribution >= 0.6 is 0 Å². The summed E-state index contributed by atoms with van der Waals surface area (Å²) in [5, 5.41) is 15.5. The fourth-order valence-corrected chi connectivity index (χ4v) is 1.93. The Kier molecular flexibility index (Phi) is 4.35. The highest BCUT2D eigenvalue weighted by atomic mass is 16.3. The maximum atomic E-state index is 10.1. The van der Waals surface area contributed by atoms with E-state index in [1.54, 1.807) is 0 Å². The van der Waals surface area contributed by atoms with Crippen LogP contribution < -0.4 is 5.32 Å². The number of fused-ring (bicyclic) bond motifs is 1. The topological polar surface area (TPSA) is 32.3 Å². The molecule has 2 heteroatoms. The molecule has 2 aromatic rings. The molecule has 1 atom stereocenters. The van der Waals surface area contributed by atoms with E-state index in [9.17, 15) is 5.11 Å². The standard InChI is InChI=1S/C16H17NO/c1-2-3-10-17-12-16(18)15-9-8-13-6-4-5-7-14(13)11-15/h1,4-9,11,16-18H,3,10,12H2. The fourth-order valence-electron chi connectivity index (χ4n) is 1.93. The highest BCUT2D eigenvalue weighted by molar-refractivity contribution is 5.83. The first-order chi connectivity index (χ1) is 8.81. The van der Waals surface area contributed by atoms with Crippen LogP contribution in [0.3, 0.4) is 0 Å². The Hall–Kier alpha value is -1.82. The summed E-state index contributed by atoms with van der Waals surface area (Å²) in [4.78, 5) is 0. The van der Waals surface area contributed by atoms with Gasteiger partial charge in [-0.1, -0.05) is 36.4 Å². The van der Waals surface area contributed by atoms with Crippen LogP contribution in [-0.2, 0) is 0 Å². The van der Waals surface area contributed by atoms with Gasteiger partial charge in [-0.2, -0.15) is 0 Å². The summed E-state index contributed by atoms with van der Waals surface area (Å²) in [5.74, 6) is 2.56. The first kappa shape index (κ1) is 12.6. The monoisotopic (exact) mass is 239 g/mol. The molecule has 0 spiro atoms. The van der Waals surface area contributed by atoms with Gasteiger partial charge in [-0.25, -0.2) is 0 Å². The highest BCUT2D eigenvalue weighted by Gasteiger charge is 2.07. The number of hydrogen-bond acceptors (Lipinski definition) is 2. The molecule has 0 heterocycles. The van der Waals surface area contributed by atoms with E-state index in [2.05, 4.69) is 23.4 Å². The third kappa shape index (κ3) is 3.10. The van der Waals surface area contributed by atoms with Gasteiger partial charge in [0.25, 0.3) is 0 Å². The highest BCUT2D eigenvalue weighted by Crippen LogP contribution is 2.19. The third-order valence-electron chi connectivity index (χ3n) is 2.94. The Morgan fingerprint density at radius 2 is 1.94 bits per heavy atom. The van der Waals surface area contributed by atoms with Crippen LogP contribution in [0.5, 0.6) is 0 Å². The molecule has 18 heavy (non-hydrogen) atoms. The minimum absolute atomic E-state index is 0.493. The van der Waals surface area contributed by atoms with E-state index in [4.69, 9.17) is 6.42 Å². The van der Waals surface area contributed by atoms with Crippen molar-refractivity contribution in [1.29, 1.82) is 0 Å². The molecule has 0 aliphatic rings. The van der Waals surface area contributed by atoms with Gasteiger partial charge in [-0.15, -0.1) is 12.3 Å². The average Bonchev–Trinajstić information content (AvgIpc) is 2.43. The second-order valence-corrected chi connectivity index (χ2v) is 4.28. The van der Waals surface area contributed by atoms with E-state index in [0.717, 1.165) is 17.5 Å². The summed E-state index contributed by atoms with van der Waals surface area (Å²) < 4.78 is 0. The van der Waals surface area contributed by atoms with Crippen LogP contribution in [0.4, 0.5) is 0 Å². The van der Waals surface area contributed by atoms with Gasteiger partial charge in [-0.3, -0.25) is 0 Å². The summed E-state index contributed by atoms with van der Waals surface area (Å²) in [6.45, 7) is 1.27. The molecule has 0 aromatic heterocycles. The number of rotatable bonds is 5. The molecular weight excluding hydrogens is 222 g/mol. The molecule has 0 fully saturated rings. The van der Waals surface area contributed by atoms with Gasteiger partial charge in [0.05, 0.1) is 6.10 Å². The molecule has 0 saturated carbocycles. The molecule has 0 aliphatic carbocycles. The third-order valence-corrected chi connectivity index (χ3v) is 2.94. The normalized spacial score (nSPS) is 12.2. The first-order valence-corrected chi connectivity index (χ1v) is 6.12. The molecule has 0 radical (unpaired) electrons. The van der Waals surface area contributed by atoms with Crippen molar-refractivity contribution in [3.8, 4) is 12.3 Å². The van der Waals surface area contributed by atoms with Crippen LogP contribution in [-0.4, -0.2) is 18.2 Å². The molecule has 2 nitrogen and oxygen atoms in total. The maximum absolute atomic E-state index is 10.1. The van der Waals surface area contributed by atoms with E-state index >= 15 is 0 Å². The Labute approximate surface area is 108 Å². The Morgan fingerprint density at radius 3 is 2.72 bits per heavy atom. The summed E-state index contributed by atoms with van der Waals surface area (Å²) >= 11 is 0. The van der Waals surface area contributed by atoms with E-state index in [-0.39, 0.29) is 0 Å². The molecular formula is C16H17NO. The summed E-state index contributed by atoms with van der Waals surface area (Å²) in [7, 11) is 0.